The second-order valence-electron chi connectivity index (χ2n) is 24.5. The van der Waals surface area contributed by atoms with Crippen LogP contribution in [0.3, 0.4) is 0 Å². The molecule has 28 N–H and O–H groups in total. The van der Waals surface area contributed by atoms with Crippen molar-refractivity contribution in [2.45, 2.75) is 173 Å². The highest BCUT2D eigenvalue weighted by molar-refractivity contribution is 7.98. The summed E-state index contributed by atoms with van der Waals surface area (Å²) in [6.07, 6.45) is -2.72. The highest BCUT2D eigenvalue weighted by Gasteiger charge is 2.37. The summed E-state index contributed by atoms with van der Waals surface area (Å²) in [4.78, 5) is 188. The number of aliphatic hydroxyl groups excluding tert-OH is 1. The highest BCUT2D eigenvalue weighted by Crippen LogP contribution is 2.21. The molecule has 0 saturated carbocycles. The zero-order valence-electron chi connectivity index (χ0n) is 63.8. The van der Waals surface area contributed by atoms with Gasteiger partial charge >= 0.3 is 22.3 Å². The Morgan fingerprint density at radius 3 is 1.47 bits per heavy atom. The number of para-hydroxylation sites is 1. The van der Waals surface area contributed by atoms with E-state index < -0.39 is 198 Å². The van der Waals surface area contributed by atoms with E-state index in [9.17, 15) is 90.9 Å². The van der Waals surface area contributed by atoms with E-state index >= 15 is 0 Å². The Labute approximate surface area is 653 Å². The fourth-order valence-electron chi connectivity index (χ4n) is 10.3. The number of rotatable bonds is 44. The molecule has 1 aliphatic rings. The minimum absolute atomic E-state index is 0. The zero-order chi connectivity index (χ0) is 81.8. The van der Waals surface area contributed by atoms with Gasteiger partial charge in [-0.15, -0.1) is 0 Å². The monoisotopic (exact) mass is 1620 g/mol. The van der Waals surface area contributed by atoms with Gasteiger partial charge in [0.05, 0.1) is 25.5 Å². The smallest absolute Gasteiger partial charge is 0.446 e. The van der Waals surface area contributed by atoms with Crippen LogP contribution in [0, 0.1) is 0 Å². The van der Waals surface area contributed by atoms with Crippen molar-refractivity contribution < 1.29 is 116 Å². The average molecular weight is 1630 g/mol. The minimum Gasteiger partial charge on any atom is -0.481 e. The highest BCUT2D eigenvalue weighted by atomic mass is 32.3. The Balaban J connectivity index is 0. The van der Waals surface area contributed by atoms with E-state index in [-0.39, 0.29) is 59.8 Å². The number of hydrogen-bond donors (Lipinski definition) is 20. The van der Waals surface area contributed by atoms with Crippen molar-refractivity contribution >= 4 is 116 Å². The largest absolute Gasteiger partial charge is 0.481 e. The third-order valence-corrected chi connectivity index (χ3v) is 16.8. The van der Waals surface area contributed by atoms with E-state index in [2.05, 4.69) is 120 Å². The molecular formula is C70H112N16O24S2. The van der Waals surface area contributed by atoms with Gasteiger partial charge in [0.25, 0.3) is 0 Å². The van der Waals surface area contributed by atoms with Gasteiger partial charge in [-0.1, -0.05) is 102 Å². The van der Waals surface area contributed by atoms with E-state index in [0.717, 1.165) is 58.3 Å². The average Bonchev–Trinajstić information content (AvgIpc) is 1.65. The van der Waals surface area contributed by atoms with Crippen molar-refractivity contribution in [1.29, 1.82) is 0 Å². The zero-order valence-corrected chi connectivity index (χ0v) is 65.4. The van der Waals surface area contributed by atoms with Gasteiger partial charge in [0.2, 0.25) is 70.9 Å². The lowest BCUT2D eigenvalue weighted by atomic mass is 10.0. The fraction of sp³-hybridized carbons (Fsp3) is 0.514. The van der Waals surface area contributed by atoms with Crippen molar-refractivity contribution in [1.82, 2.24) is 74.1 Å². The van der Waals surface area contributed by atoms with E-state index in [4.69, 9.17) is 16.0 Å². The number of amides is 12. The number of aromatic nitrogens is 1. The summed E-state index contributed by atoms with van der Waals surface area (Å²) < 4.78 is 36.4. The van der Waals surface area contributed by atoms with Crippen LogP contribution in [-0.4, -0.2) is 251 Å². The van der Waals surface area contributed by atoms with Crippen LogP contribution in [0.5, 0.6) is 5.75 Å². The Morgan fingerprint density at radius 2 is 1.01 bits per heavy atom. The molecule has 0 unspecified atom stereocenters. The predicted octanol–water partition coefficient (Wildman–Crippen LogP) is -5.14. The van der Waals surface area contributed by atoms with Gasteiger partial charge < -0.3 is 122 Å². The molecule has 1 aromatic heterocycles. The van der Waals surface area contributed by atoms with E-state index in [1.165, 1.54) is 23.9 Å². The number of H-pyrrole nitrogens is 1. The molecule has 2 heterocycles. The van der Waals surface area contributed by atoms with Crippen molar-refractivity contribution in [2.24, 2.45) is 11.5 Å². The number of fused-ring (bicyclic) bond motifs is 1. The summed E-state index contributed by atoms with van der Waals surface area (Å²) in [5.74, 6) is -15.9. The molecule has 0 spiro atoms. The molecule has 1 saturated heterocycles. The Morgan fingerprint density at radius 1 is 0.562 bits per heavy atom. The lowest BCUT2D eigenvalue weighted by Crippen LogP contribution is -2.61. The van der Waals surface area contributed by atoms with E-state index in [0.29, 0.717) is 22.0 Å². The van der Waals surface area contributed by atoms with Gasteiger partial charge in [0.1, 0.15) is 60.1 Å². The molecule has 12 amide bonds. The van der Waals surface area contributed by atoms with Crippen molar-refractivity contribution in [2.75, 3.05) is 57.8 Å². The second-order valence-corrected chi connectivity index (χ2v) is 26.5. The molecule has 1 aliphatic heterocycles. The lowest BCUT2D eigenvalue weighted by molar-refractivity contribution is -0.142. The third kappa shape index (κ3) is 41.0. The lowest BCUT2D eigenvalue weighted by Gasteiger charge is -2.27. The van der Waals surface area contributed by atoms with Crippen molar-refractivity contribution in [3.63, 3.8) is 0 Å². The first-order chi connectivity index (χ1) is 51.6. The molecule has 0 radical (unpaired) electrons. The van der Waals surface area contributed by atoms with Crippen LogP contribution >= 0.6 is 11.8 Å². The topological polar surface area (TPSA) is 682 Å². The Kier molecular flexibility index (Phi) is 51.7. The Bertz CT molecular complexity index is 3730. The van der Waals surface area contributed by atoms with Gasteiger partial charge in [0.15, 0.2) is 0 Å². The number of carboxylic acid groups (broad SMARTS) is 2. The summed E-state index contributed by atoms with van der Waals surface area (Å²) in [5, 5.41) is 63.9. The maximum atomic E-state index is 14.5. The minimum atomic E-state index is -5.02. The third-order valence-electron chi connectivity index (χ3n) is 15.8. The van der Waals surface area contributed by atoms with Gasteiger partial charge in [-0.05, 0) is 112 Å². The standard InChI is InChI=1S/C58H73N13O21S2.3C4H11N.3H2O/c1-29(72)49(71-57(87)40(23-31-12-14-33(15-13-31)92-94(89,90)91)68-56(86)43(26-48(78)79)69-52(82)37(16-18-44(59)73)65-51(81)36-17-19-45(74)63-36)58(88)62-28-46(75)64-41(24-32-27-61-35-11-7-6-10-34(32)35)54(84)66-38(20-21-93-2)53(83)70-42(25-47(76)77)55(85)67-39(50(60)80)22-30-8-4-3-5-9-30;3*1-3-5-4-2;;;/h3-15,27,29,36-43,49,61,72H,16-26,28H2,1-2H3,(H2,59,73)(H2,60,80)(H,62,88)(H,63,74)(H,64,75)(H,65,81)(H,66,84)(H,67,85)(H,68,86)(H,69,82)(H,70,83)(H,71,87)(H,76,77)(H,78,79)(H,89,90,91);3*5H,3-4H2,1-2H3;3*1H2/t29-,36+,37+,38+,39+,40+,41+,42+,43+,49+;;;;;;/m1....../s1. The molecule has 40 nitrogen and oxygen atoms in total. The number of carboxylic acids is 2. The normalized spacial score (nSPS) is 14.2. The van der Waals surface area contributed by atoms with Gasteiger partial charge in [-0.3, -0.25) is 71.7 Å². The number of nitrogens with two attached hydrogens (primary N) is 2. The first kappa shape index (κ1) is 104. The summed E-state index contributed by atoms with van der Waals surface area (Å²) in [6, 6.07) is 4.78. The number of aromatic amines is 1. The SMILES string of the molecule is CCNCC.CCNCC.CCNCC.CSCC[C@H](NC(=O)[C@H](Cc1c[nH]c2ccccc12)NC(=O)CNC(=O)[C@@H](NC(=O)[C@H](Cc1ccc(OS(=O)(=O)O)cc1)NC(=O)[C@H](CC(=O)O)NC(=O)[C@H](CCC(N)=O)NC(=O)[C@@H]1CCC(=O)N1)[C@@H](C)O)C(=O)N[C@@H](CC(=O)O)C(=O)N[C@@H](Cc1ccccc1)C(N)=O.O.O.O. The number of aliphatic carboxylic acids is 2. The maximum Gasteiger partial charge on any atom is 0.446 e. The Hall–Kier alpha value is -10.4. The number of nitrogens with one attached hydrogen (secondary N) is 14. The van der Waals surface area contributed by atoms with Crippen LogP contribution in [-0.2, 0) is 96.8 Å². The van der Waals surface area contributed by atoms with E-state index in [1.807, 2.05) is 0 Å². The van der Waals surface area contributed by atoms with Gasteiger partial charge in [-0.25, -0.2) is 0 Å². The van der Waals surface area contributed by atoms with Crippen LogP contribution in [0.25, 0.3) is 10.9 Å². The molecule has 42 heteroatoms. The molecule has 1 fully saturated rings. The summed E-state index contributed by atoms with van der Waals surface area (Å²) in [5.41, 5.74) is 12.6. The second kappa shape index (κ2) is 55.9. The number of thioether (sulfide) groups is 1. The van der Waals surface area contributed by atoms with Crippen LogP contribution in [0.15, 0.2) is 85.1 Å². The van der Waals surface area contributed by atoms with Crippen LogP contribution in [0.4, 0.5) is 0 Å². The molecule has 3 aromatic carbocycles. The predicted molar refractivity (Wildman–Crippen MR) is 414 cm³/mol. The first-order valence-corrected chi connectivity index (χ1v) is 38.0. The number of primary amides is 2. The molecule has 0 bridgehead atoms. The molecule has 0 aliphatic carbocycles. The number of carbonyl (C=O) groups is 14. The molecular weight excluding hydrogens is 1510 g/mol. The van der Waals surface area contributed by atoms with Gasteiger partial charge in [-0.2, -0.15) is 20.2 Å². The summed E-state index contributed by atoms with van der Waals surface area (Å²) >= 11 is 1.26. The number of carbonyl (C=O) groups excluding carboxylic acids is 12. The van der Waals surface area contributed by atoms with Crippen LogP contribution in [0.2, 0.25) is 0 Å². The molecule has 4 aromatic rings. The van der Waals surface area contributed by atoms with E-state index in [1.54, 1.807) is 67.0 Å². The molecule has 112 heavy (non-hydrogen) atoms. The number of aliphatic hydroxyl groups is 1. The quantitative estimate of drug-likeness (QED) is 0.0184. The van der Waals surface area contributed by atoms with Crippen LogP contribution < -0.4 is 84.8 Å². The maximum absolute atomic E-state index is 14.5. The molecule has 10 atom stereocenters. The van der Waals surface area contributed by atoms with Crippen molar-refractivity contribution in [3.05, 3.63) is 102 Å². The van der Waals surface area contributed by atoms with Gasteiger partial charge in [0, 0.05) is 49.2 Å². The van der Waals surface area contributed by atoms with Crippen LogP contribution in [0.1, 0.15) is 110 Å². The van der Waals surface area contributed by atoms with Crippen molar-refractivity contribution in [3.8, 4) is 5.75 Å². The molecule has 5 rings (SSSR count). The summed E-state index contributed by atoms with van der Waals surface area (Å²) in [7, 11) is -5.02. The fourth-order valence-corrected chi connectivity index (χ4v) is 11.1. The number of hydrogen-bond acceptors (Lipinski definition) is 22. The summed E-state index contributed by atoms with van der Waals surface area (Å²) in [6.45, 7) is 19.2. The first-order valence-electron chi connectivity index (χ1n) is 35.3. The number of benzene rings is 3. The molecule has 628 valence electrons.